The van der Waals surface area contributed by atoms with Crippen molar-refractivity contribution in [1.82, 2.24) is 15.1 Å². The van der Waals surface area contributed by atoms with Gasteiger partial charge in [0.05, 0.1) is 16.3 Å². The van der Waals surface area contributed by atoms with E-state index >= 15 is 0 Å². The molecule has 3 N–H and O–H groups in total. The first-order valence-corrected chi connectivity index (χ1v) is 6.07. The molecule has 6 nitrogen and oxygen atoms in total. The van der Waals surface area contributed by atoms with Crippen LogP contribution in [-0.2, 0) is 0 Å². The molecule has 100 valence electrons. The molecule has 0 saturated carbocycles. The largest absolute Gasteiger partial charge is 0.505 e. The number of benzene rings is 1. The Kier molecular flexibility index (Phi) is 3.00. The molecule has 1 aromatic carbocycles. The number of anilines is 1. The molecule has 0 aliphatic rings. The summed E-state index contributed by atoms with van der Waals surface area (Å²) in [7, 11) is 0. The van der Waals surface area contributed by atoms with Gasteiger partial charge in [-0.15, -0.1) is 0 Å². The van der Waals surface area contributed by atoms with Gasteiger partial charge in [0, 0.05) is 6.20 Å². The lowest BCUT2D eigenvalue weighted by Crippen LogP contribution is -1.89. The number of para-hydroxylation sites is 1. The van der Waals surface area contributed by atoms with E-state index in [-0.39, 0.29) is 23.2 Å². The molecule has 2 aromatic heterocycles. The van der Waals surface area contributed by atoms with Crippen LogP contribution in [0.25, 0.3) is 23.0 Å². The molecule has 0 spiro atoms. The van der Waals surface area contributed by atoms with Gasteiger partial charge in [-0.2, -0.15) is 4.98 Å². The van der Waals surface area contributed by atoms with Crippen LogP contribution in [-0.4, -0.2) is 20.2 Å². The average molecular weight is 289 g/mol. The summed E-state index contributed by atoms with van der Waals surface area (Å²) in [5, 5.41) is 14.1. The fourth-order valence-corrected chi connectivity index (χ4v) is 1.92. The lowest BCUT2D eigenvalue weighted by Gasteiger charge is -2.01. The number of nitrogens with two attached hydrogens (primary N) is 1. The summed E-state index contributed by atoms with van der Waals surface area (Å²) in [4.78, 5) is 8.26. The van der Waals surface area contributed by atoms with Crippen molar-refractivity contribution in [1.29, 1.82) is 0 Å². The van der Waals surface area contributed by atoms with E-state index in [1.54, 1.807) is 36.5 Å². The number of phenolic OH excluding ortho intramolecular Hbond substituents is 1. The molecule has 0 aliphatic heterocycles. The first-order valence-electron chi connectivity index (χ1n) is 5.69. The van der Waals surface area contributed by atoms with E-state index in [1.807, 2.05) is 0 Å². The molecule has 0 atom stereocenters. The van der Waals surface area contributed by atoms with Crippen molar-refractivity contribution in [2.45, 2.75) is 0 Å². The van der Waals surface area contributed by atoms with E-state index in [0.29, 0.717) is 16.3 Å². The standard InChI is InChI=1S/C13H9ClN4O2/c14-8-4-2-6-16-10(8)12-17-13(20-18-12)7-3-1-5-9(15)11(7)19/h1-6,19H,15H2. The van der Waals surface area contributed by atoms with Crippen molar-refractivity contribution in [2.24, 2.45) is 0 Å². The molecular weight excluding hydrogens is 280 g/mol. The molecule has 0 aliphatic carbocycles. The van der Waals surface area contributed by atoms with Crippen LogP contribution in [0.15, 0.2) is 41.1 Å². The highest BCUT2D eigenvalue weighted by molar-refractivity contribution is 6.32. The van der Waals surface area contributed by atoms with Crippen LogP contribution in [0.3, 0.4) is 0 Å². The number of rotatable bonds is 2. The third kappa shape index (κ3) is 2.06. The second kappa shape index (κ2) is 4.82. The molecule has 3 rings (SSSR count). The lowest BCUT2D eigenvalue weighted by atomic mass is 10.2. The van der Waals surface area contributed by atoms with Crippen molar-refractivity contribution < 1.29 is 9.63 Å². The Morgan fingerprint density at radius 3 is 2.85 bits per heavy atom. The van der Waals surface area contributed by atoms with Crippen molar-refractivity contribution in [3.63, 3.8) is 0 Å². The number of halogens is 1. The first kappa shape index (κ1) is 12.4. The molecule has 0 saturated heterocycles. The highest BCUT2D eigenvalue weighted by Crippen LogP contribution is 2.33. The minimum absolute atomic E-state index is 0.102. The quantitative estimate of drug-likeness (QED) is 0.556. The van der Waals surface area contributed by atoms with E-state index in [2.05, 4.69) is 15.1 Å². The molecule has 7 heteroatoms. The predicted octanol–water partition coefficient (Wildman–Crippen LogP) is 2.74. The van der Waals surface area contributed by atoms with Gasteiger partial charge >= 0.3 is 0 Å². The molecule has 20 heavy (non-hydrogen) atoms. The summed E-state index contributed by atoms with van der Waals surface area (Å²) in [6.45, 7) is 0. The summed E-state index contributed by atoms with van der Waals surface area (Å²) < 4.78 is 5.12. The van der Waals surface area contributed by atoms with Crippen molar-refractivity contribution in [3.8, 4) is 28.7 Å². The fraction of sp³-hybridized carbons (Fsp3) is 0. The summed E-state index contributed by atoms with van der Waals surface area (Å²) in [6.07, 6.45) is 1.58. The number of hydrogen-bond acceptors (Lipinski definition) is 6. The first-order chi connectivity index (χ1) is 9.66. The molecule has 0 radical (unpaired) electrons. The summed E-state index contributed by atoms with van der Waals surface area (Å²) in [5.74, 6) is 0.286. The number of pyridine rings is 1. The molecule has 2 heterocycles. The highest BCUT2D eigenvalue weighted by Gasteiger charge is 2.17. The van der Waals surface area contributed by atoms with Gasteiger partial charge in [-0.05, 0) is 24.3 Å². The Balaban J connectivity index is 2.07. The van der Waals surface area contributed by atoms with E-state index in [4.69, 9.17) is 21.9 Å². The number of aromatic nitrogens is 3. The van der Waals surface area contributed by atoms with Crippen LogP contribution >= 0.6 is 11.6 Å². The Labute approximate surface area is 118 Å². The van der Waals surface area contributed by atoms with Gasteiger partial charge in [0.2, 0.25) is 5.82 Å². The van der Waals surface area contributed by atoms with Gasteiger partial charge in [-0.25, -0.2) is 0 Å². The van der Waals surface area contributed by atoms with E-state index < -0.39 is 0 Å². The molecule has 0 unspecified atom stereocenters. The Morgan fingerprint density at radius 2 is 2.05 bits per heavy atom. The molecule has 0 fully saturated rings. The maximum Gasteiger partial charge on any atom is 0.262 e. The van der Waals surface area contributed by atoms with Gasteiger partial charge in [-0.3, -0.25) is 4.98 Å². The summed E-state index contributed by atoms with van der Waals surface area (Å²) in [6, 6.07) is 8.27. The van der Waals surface area contributed by atoms with Crippen LogP contribution in [0.1, 0.15) is 0 Å². The smallest absolute Gasteiger partial charge is 0.262 e. The average Bonchev–Trinajstić information content (AvgIpc) is 2.92. The van der Waals surface area contributed by atoms with Gasteiger partial charge in [0.1, 0.15) is 5.69 Å². The topological polar surface area (TPSA) is 98.1 Å². The SMILES string of the molecule is Nc1cccc(-c2nc(-c3ncccc3Cl)no2)c1O. The monoisotopic (exact) mass is 288 g/mol. The molecular formula is C13H9ClN4O2. The van der Waals surface area contributed by atoms with Crippen molar-refractivity contribution in [3.05, 3.63) is 41.6 Å². The zero-order valence-corrected chi connectivity index (χ0v) is 10.9. The van der Waals surface area contributed by atoms with E-state index in [1.165, 1.54) is 0 Å². The maximum absolute atomic E-state index is 9.89. The lowest BCUT2D eigenvalue weighted by molar-refractivity contribution is 0.426. The van der Waals surface area contributed by atoms with Crippen LogP contribution in [0.4, 0.5) is 5.69 Å². The molecule has 0 bridgehead atoms. The zero-order chi connectivity index (χ0) is 14.1. The van der Waals surface area contributed by atoms with Gasteiger partial charge in [-0.1, -0.05) is 22.8 Å². The second-order valence-corrected chi connectivity index (χ2v) is 4.41. The number of nitrogen functional groups attached to an aromatic ring is 1. The normalized spacial score (nSPS) is 10.7. The number of aromatic hydroxyl groups is 1. The molecule has 0 amide bonds. The van der Waals surface area contributed by atoms with Crippen LogP contribution < -0.4 is 5.73 Å². The Morgan fingerprint density at radius 1 is 1.20 bits per heavy atom. The zero-order valence-electron chi connectivity index (χ0n) is 10.1. The highest BCUT2D eigenvalue weighted by atomic mass is 35.5. The predicted molar refractivity (Wildman–Crippen MR) is 74.1 cm³/mol. The minimum atomic E-state index is -0.102. The van der Waals surface area contributed by atoms with Crippen LogP contribution in [0.5, 0.6) is 5.75 Å². The summed E-state index contributed by atoms with van der Waals surface area (Å²) in [5.41, 5.74) is 6.63. The van der Waals surface area contributed by atoms with E-state index in [9.17, 15) is 5.11 Å². The van der Waals surface area contributed by atoms with Crippen molar-refractivity contribution >= 4 is 17.3 Å². The van der Waals surface area contributed by atoms with Crippen LogP contribution in [0, 0.1) is 0 Å². The summed E-state index contributed by atoms with van der Waals surface area (Å²) >= 11 is 6.02. The number of phenols is 1. The fourth-order valence-electron chi connectivity index (χ4n) is 1.71. The number of nitrogens with zero attached hydrogens (tertiary/aromatic N) is 3. The van der Waals surface area contributed by atoms with Crippen LogP contribution in [0.2, 0.25) is 5.02 Å². The van der Waals surface area contributed by atoms with Gasteiger partial charge in [0.15, 0.2) is 5.75 Å². The third-order valence-electron chi connectivity index (χ3n) is 2.69. The maximum atomic E-state index is 9.89. The third-order valence-corrected chi connectivity index (χ3v) is 3.00. The Bertz CT molecular complexity index is 773. The van der Waals surface area contributed by atoms with E-state index in [0.717, 1.165) is 0 Å². The Hall–Kier alpha value is -2.60. The molecule has 3 aromatic rings. The van der Waals surface area contributed by atoms with Gasteiger partial charge in [0.25, 0.3) is 5.89 Å². The second-order valence-electron chi connectivity index (χ2n) is 4.00. The van der Waals surface area contributed by atoms with Gasteiger partial charge < -0.3 is 15.4 Å². The number of hydrogen-bond donors (Lipinski definition) is 2. The van der Waals surface area contributed by atoms with Crippen molar-refractivity contribution in [2.75, 3.05) is 5.73 Å². The minimum Gasteiger partial charge on any atom is -0.505 e.